The van der Waals surface area contributed by atoms with Gasteiger partial charge in [-0.1, -0.05) is 13.3 Å². The van der Waals surface area contributed by atoms with Gasteiger partial charge in [0.2, 0.25) is 0 Å². The first-order valence-electron chi connectivity index (χ1n) is 9.25. The number of fused-ring (bicyclic) bond motifs is 1. The fraction of sp³-hybridized carbons (Fsp3) is 0.579. The Morgan fingerprint density at radius 1 is 1.37 bits per heavy atom. The molecule has 0 N–H and O–H groups in total. The summed E-state index contributed by atoms with van der Waals surface area (Å²) in [7, 11) is 0. The van der Waals surface area contributed by atoms with E-state index in [9.17, 15) is 14.4 Å². The Hall–Kier alpha value is -2.22. The van der Waals surface area contributed by atoms with Gasteiger partial charge in [0.1, 0.15) is 22.4 Å². The maximum atomic E-state index is 12.8. The van der Waals surface area contributed by atoms with E-state index >= 15 is 0 Å². The van der Waals surface area contributed by atoms with Crippen LogP contribution in [-0.2, 0) is 20.8 Å². The summed E-state index contributed by atoms with van der Waals surface area (Å²) in [5, 5.41) is 0.352. The highest BCUT2D eigenvalue weighted by atomic mass is 32.1. The van der Waals surface area contributed by atoms with Crippen LogP contribution in [0.1, 0.15) is 54.8 Å². The minimum atomic E-state index is -0.463. The topological polar surface area (TPSA) is 87.5 Å². The zero-order valence-corrected chi connectivity index (χ0v) is 16.6. The Balaban J connectivity index is 1.80. The van der Waals surface area contributed by atoms with Gasteiger partial charge in [-0.15, -0.1) is 11.3 Å². The molecule has 3 rings (SSSR count). The molecule has 0 bridgehead atoms. The lowest BCUT2D eigenvalue weighted by Gasteiger charge is -2.26. The molecule has 2 aromatic heterocycles. The van der Waals surface area contributed by atoms with Crippen molar-refractivity contribution in [3.05, 3.63) is 27.1 Å². The molecule has 2 atom stereocenters. The predicted molar refractivity (Wildman–Crippen MR) is 102 cm³/mol. The van der Waals surface area contributed by atoms with Crippen molar-refractivity contribution in [2.24, 2.45) is 5.92 Å². The SMILES string of the molecule is CCOC(=O)c1sc2ncn(CC(=O)O[C@@H]3CCC[C@@H](C)C3)c(=O)c2c1C. The van der Waals surface area contributed by atoms with E-state index in [1.165, 1.54) is 10.9 Å². The van der Waals surface area contributed by atoms with Gasteiger partial charge in [0.05, 0.1) is 18.3 Å². The van der Waals surface area contributed by atoms with Crippen LogP contribution in [0, 0.1) is 12.8 Å². The Morgan fingerprint density at radius 3 is 2.85 bits per heavy atom. The largest absolute Gasteiger partial charge is 0.462 e. The second-order valence-electron chi connectivity index (χ2n) is 7.02. The van der Waals surface area contributed by atoms with Crippen LogP contribution in [0.25, 0.3) is 10.2 Å². The number of carbonyl (C=O) groups excluding carboxylic acids is 2. The number of rotatable bonds is 5. The molecule has 0 spiro atoms. The molecule has 0 saturated heterocycles. The van der Waals surface area contributed by atoms with Gasteiger partial charge in [-0.25, -0.2) is 9.78 Å². The molecule has 1 saturated carbocycles. The number of aromatic nitrogens is 2. The Morgan fingerprint density at radius 2 is 2.15 bits per heavy atom. The van der Waals surface area contributed by atoms with Gasteiger partial charge >= 0.3 is 11.9 Å². The second-order valence-corrected chi connectivity index (χ2v) is 8.02. The average Bonchev–Trinajstić information content (AvgIpc) is 2.95. The Bertz CT molecular complexity index is 917. The van der Waals surface area contributed by atoms with Crippen LogP contribution in [0.2, 0.25) is 0 Å². The number of ether oxygens (including phenoxy) is 2. The number of thiophene rings is 1. The number of hydrogen-bond donors (Lipinski definition) is 0. The Labute approximate surface area is 161 Å². The van der Waals surface area contributed by atoms with Crippen LogP contribution < -0.4 is 5.56 Å². The highest BCUT2D eigenvalue weighted by molar-refractivity contribution is 7.20. The van der Waals surface area contributed by atoms with Crippen molar-refractivity contribution in [1.29, 1.82) is 0 Å². The highest BCUT2D eigenvalue weighted by Crippen LogP contribution is 2.28. The van der Waals surface area contributed by atoms with Crippen molar-refractivity contribution in [2.75, 3.05) is 6.61 Å². The van der Waals surface area contributed by atoms with E-state index in [4.69, 9.17) is 9.47 Å². The summed E-state index contributed by atoms with van der Waals surface area (Å²) in [5.74, 6) is -0.349. The lowest BCUT2D eigenvalue weighted by Crippen LogP contribution is -2.30. The number of aryl methyl sites for hydroxylation is 1. The van der Waals surface area contributed by atoms with E-state index in [0.29, 0.717) is 26.6 Å². The van der Waals surface area contributed by atoms with Gasteiger partial charge in [0.25, 0.3) is 5.56 Å². The fourth-order valence-corrected chi connectivity index (χ4v) is 4.54. The van der Waals surface area contributed by atoms with Gasteiger partial charge in [-0.05, 0) is 44.6 Å². The van der Waals surface area contributed by atoms with Crippen molar-refractivity contribution < 1.29 is 19.1 Å². The summed E-state index contributed by atoms with van der Waals surface area (Å²) >= 11 is 1.13. The number of nitrogens with zero attached hydrogens (tertiary/aromatic N) is 2. The van der Waals surface area contributed by atoms with Crippen LogP contribution in [0.3, 0.4) is 0 Å². The first-order chi connectivity index (χ1) is 12.9. The highest BCUT2D eigenvalue weighted by Gasteiger charge is 2.24. The molecule has 2 aromatic rings. The zero-order chi connectivity index (χ0) is 19.6. The molecule has 0 radical (unpaired) electrons. The summed E-state index contributed by atoms with van der Waals surface area (Å²) in [4.78, 5) is 42.2. The molecule has 146 valence electrons. The third-order valence-electron chi connectivity index (χ3n) is 4.86. The molecule has 2 heterocycles. The molecule has 0 unspecified atom stereocenters. The van der Waals surface area contributed by atoms with E-state index in [-0.39, 0.29) is 24.8 Å². The normalized spacial score (nSPS) is 19.8. The second kappa shape index (κ2) is 8.21. The van der Waals surface area contributed by atoms with E-state index in [0.717, 1.165) is 37.0 Å². The quantitative estimate of drug-likeness (QED) is 0.727. The summed E-state index contributed by atoms with van der Waals surface area (Å²) < 4.78 is 11.8. The molecule has 7 nitrogen and oxygen atoms in total. The van der Waals surface area contributed by atoms with E-state index < -0.39 is 11.9 Å². The first-order valence-corrected chi connectivity index (χ1v) is 10.1. The minimum absolute atomic E-state index is 0.0769. The standard InChI is InChI=1S/C19H24N2O5S/c1-4-25-19(24)16-12(3)15-17(27-16)20-10-21(18(15)23)9-14(22)26-13-7-5-6-11(2)8-13/h10-11,13H,4-9H2,1-3H3/t11-,13-/m1/s1. The van der Waals surface area contributed by atoms with Crippen molar-refractivity contribution in [2.45, 2.75) is 59.1 Å². The van der Waals surface area contributed by atoms with Crippen molar-refractivity contribution in [3.63, 3.8) is 0 Å². The van der Waals surface area contributed by atoms with Crippen LogP contribution in [0.15, 0.2) is 11.1 Å². The smallest absolute Gasteiger partial charge is 0.348 e. The summed E-state index contributed by atoms with van der Waals surface area (Å²) in [6.45, 7) is 5.65. The van der Waals surface area contributed by atoms with Crippen molar-refractivity contribution in [1.82, 2.24) is 9.55 Å². The van der Waals surface area contributed by atoms with Gasteiger partial charge < -0.3 is 9.47 Å². The van der Waals surface area contributed by atoms with E-state index in [2.05, 4.69) is 11.9 Å². The van der Waals surface area contributed by atoms with Crippen molar-refractivity contribution >= 4 is 33.5 Å². The van der Waals surface area contributed by atoms with E-state index in [1.54, 1.807) is 13.8 Å². The fourth-order valence-electron chi connectivity index (χ4n) is 3.51. The lowest BCUT2D eigenvalue weighted by atomic mass is 9.89. The van der Waals surface area contributed by atoms with Gasteiger partial charge in [0.15, 0.2) is 0 Å². The summed E-state index contributed by atoms with van der Waals surface area (Å²) in [6.07, 6.45) is 5.21. The predicted octanol–water partition coefficient (Wildman–Crippen LogP) is 3.07. The van der Waals surface area contributed by atoms with Gasteiger partial charge in [-0.3, -0.25) is 14.2 Å². The molecule has 27 heavy (non-hydrogen) atoms. The molecule has 1 aliphatic rings. The zero-order valence-electron chi connectivity index (χ0n) is 15.8. The van der Waals surface area contributed by atoms with Gasteiger partial charge in [0, 0.05) is 0 Å². The molecule has 8 heteroatoms. The summed E-state index contributed by atoms with van der Waals surface area (Å²) in [6, 6.07) is 0. The Kier molecular flexibility index (Phi) is 5.94. The molecule has 0 amide bonds. The lowest BCUT2D eigenvalue weighted by molar-refractivity contribution is -0.152. The average molecular weight is 392 g/mol. The molecular weight excluding hydrogens is 368 g/mol. The van der Waals surface area contributed by atoms with Crippen LogP contribution >= 0.6 is 11.3 Å². The number of carbonyl (C=O) groups is 2. The van der Waals surface area contributed by atoms with Gasteiger partial charge in [-0.2, -0.15) is 0 Å². The van der Waals surface area contributed by atoms with Crippen molar-refractivity contribution in [3.8, 4) is 0 Å². The van der Waals surface area contributed by atoms with Crippen LogP contribution in [-0.4, -0.2) is 34.2 Å². The van der Waals surface area contributed by atoms with E-state index in [1.807, 2.05) is 0 Å². The third-order valence-corrected chi connectivity index (χ3v) is 6.04. The number of hydrogen-bond acceptors (Lipinski definition) is 7. The van der Waals surface area contributed by atoms with Crippen LogP contribution in [0.4, 0.5) is 0 Å². The summed E-state index contributed by atoms with van der Waals surface area (Å²) in [5.41, 5.74) is 0.188. The molecule has 0 aromatic carbocycles. The minimum Gasteiger partial charge on any atom is -0.462 e. The van der Waals surface area contributed by atoms with Crippen LogP contribution in [0.5, 0.6) is 0 Å². The molecular formula is C19H24N2O5S. The monoisotopic (exact) mass is 392 g/mol. The third kappa shape index (κ3) is 4.21. The number of esters is 2. The first kappa shape index (κ1) is 19.5. The maximum absolute atomic E-state index is 12.8. The molecule has 1 fully saturated rings. The molecule has 1 aliphatic carbocycles. The molecule has 0 aliphatic heterocycles. The maximum Gasteiger partial charge on any atom is 0.348 e.